The Hall–Kier alpha value is -3.67. The number of allylic oxidation sites excluding steroid dienone is 1. The topological polar surface area (TPSA) is 113 Å². The van der Waals surface area contributed by atoms with Crippen LogP contribution >= 0.6 is 11.8 Å². The molecule has 0 amide bonds. The lowest BCUT2D eigenvalue weighted by atomic mass is 9.45. The van der Waals surface area contributed by atoms with Gasteiger partial charge in [0.25, 0.3) is 0 Å². The maximum absolute atomic E-state index is 14.4. The molecule has 3 saturated carbocycles. The lowest BCUT2D eigenvalue weighted by molar-refractivity contribution is -0.175. The molecule has 4 aliphatic carbocycles. The van der Waals surface area contributed by atoms with Crippen LogP contribution in [0.4, 0.5) is 4.39 Å². The van der Waals surface area contributed by atoms with E-state index in [0.717, 1.165) is 41.5 Å². The first-order valence-corrected chi connectivity index (χ1v) is 17.4. The fraction of sp³-hybridized carbons (Fsp3) is 0.486. The van der Waals surface area contributed by atoms with Gasteiger partial charge in [-0.3, -0.25) is 4.79 Å². The van der Waals surface area contributed by atoms with Crippen molar-refractivity contribution in [1.29, 1.82) is 0 Å². The van der Waals surface area contributed by atoms with Crippen LogP contribution in [-0.4, -0.2) is 57.3 Å². The number of benzene rings is 1. The fourth-order valence-electron chi connectivity index (χ4n) is 9.56. The highest BCUT2D eigenvalue weighted by Crippen LogP contribution is 2.69. The molecule has 3 fully saturated rings. The van der Waals surface area contributed by atoms with Crippen molar-refractivity contribution in [3.63, 3.8) is 0 Å². The molecular formula is C37H41FN2O7S. The van der Waals surface area contributed by atoms with Crippen LogP contribution in [0.2, 0.25) is 0 Å². The summed E-state index contributed by atoms with van der Waals surface area (Å²) >= 11 is 1.02. The highest BCUT2D eigenvalue weighted by molar-refractivity contribution is 8.14. The number of nitrogens with zero attached hydrogens (tertiary/aromatic N) is 2. The van der Waals surface area contributed by atoms with E-state index in [2.05, 4.69) is 24.7 Å². The Morgan fingerprint density at radius 2 is 2.00 bits per heavy atom. The Kier molecular flexibility index (Phi) is 8.44. The number of rotatable bonds is 9. The second-order valence-electron chi connectivity index (χ2n) is 14.1. The molecule has 9 nitrogen and oxygen atoms in total. The van der Waals surface area contributed by atoms with Gasteiger partial charge in [0.15, 0.2) is 12.4 Å². The minimum absolute atomic E-state index is 0.0188. The highest BCUT2D eigenvalue weighted by atomic mass is 32.2. The van der Waals surface area contributed by atoms with E-state index in [4.69, 9.17) is 18.6 Å². The van der Waals surface area contributed by atoms with Crippen LogP contribution in [0.3, 0.4) is 0 Å². The third kappa shape index (κ3) is 5.16. The number of furan rings is 1. The van der Waals surface area contributed by atoms with E-state index < -0.39 is 23.1 Å². The van der Waals surface area contributed by atoms with Crippen LogP contribution in [0, 0.1) is 34.4 Å². The van der Waals surface area contributed by atoms with E-state index in [-0.39, 0.29) is 52.4 Å². The number of fused-ring (bicyclic) bond motifs is 6. The molecule has 7 atom stereocenters. The Labute approximate surface area is 283 Å². The van der Waals surface area contributed by atoms with Gasteiger partial charge in [-0.05, 0) is 110 Å². The second-order valence-corrected chi connectivity index (χ2v) is 15.1. The van der Waals surface area contributed by atoms with Crippen molar-refractivity contribution in [3.05, 3.63) is 89.6 Å². The number of halogens is 1. The molecule has 1 N–H and O–H groups in total. The van der Waals surface area contributed by atoms with Crippen molar-refractivity contribution in [1.82, 2.24) is 9.78 Å². The molecule has 2 aromatic heterocycles. The molecule has 0 unspecified atom stereocenters. The van der Waals surface area contributed by atoms with Gasteiger partial charge in [0, 0.05) is 12.5 Å². The van der Waals surface area contributed by atoms with Gasteiger partial charge in [0.2, 0.25) is 10.9 Å². The Morgan fingerprint density at radius 1 is 1.21 bits per heavy atom. The molecule has 0 spiro atoms. The molecule has 254 valence electrons. The number of aromatic nitrogens is 2. The predicted molar refractivity (Wildman–Crippen MR) is 177 cm³/mol. The van der Waals surface area contributed by atoms with Gasteiger partial charge >= 0.3 is 5.97 Å². The molecule has 0 radical (unpaired) electrons. The summed E-state index contributed by atoms with van der Waals surface area (Å²) in [6, 6.07) is 9.46. The molecule has 2 heterocycles. The maximum Gasteiger partial charge on any atom is 0.375 e. The van der Waals surface area contributed by atoms with Crippen LogP contribution in [0.15, 0.2) is 71.2 Å². The number of ether oxygens (including phenoxy) is 3. The predicted octanol–water partition coefficient (Wildman–Crippen LogP) is 6.75. The number of aliphatic hydroxyl groups excluding tert-OH is 1. The van der Waals surface area contributed by atoms with Gasteiger partial charge in [-0.1, -0.05) is 37.8 Å². The SMILES string of the molecule is C=C(CSC(=O)[C@@]1(OC(=O)c2ccco2)CC[C@H]2[C@@H]3CCC4=Cc5c(cnn5-c5ccc(F)cc5)C[C@]4(C)[C@H]3[C@@H](O)C[C@@]21C)OCOC. The van der Waals surface area contributed by atoms with E-state index in [1.165, 1.54) is 37.1 Å². The van der Waals surface area contributed by atoms with E-state index in [1.54, 1.807) is 18.2 Å². The van der Waals surface area contributed by atoms with Crippen molar-refractivity contribution in [2.75, 3.05) is 19.7 Å². The molecule has 0 bridgehead atoms. The van der Waals surface area contributed by atoms with Crippen molar-refractivity contribution in [3.8, 4) is 5.69 Å². The van der Waals surface area contributed by atoms with E-state index in [1.807, 2.05) is 17.8 Å². The van der Waals surface area contributed by atoms with Crippen LogP contribution in [0.5, 0.6) is 0 Å². The van der Waals surface area contributed by atoms with Gasteiger partial charge in [0.1, 0.15) is 11.6 Å². The third-order valence-electron chi connectivity index (χ3n) is 11.7. The average Bonchev–Trinajstić information content (AvgIpc) is 3.80. The van der Waals surface area contributed by atoms with E-state index in [9.17, 15) is 19.1 Å². The largest absolute Gasteiger partial charge is 0.472 e. The summed E-state index contributed by atoms with van der Waals surface area (Å²) in [6.07, 6.45) is 8.50. The third-order valence-corrected chi connectivity index (χ3v) is 12.7. The van der Waals surface area contributed by atoms with Crippen LogP contribution in [-0.2, 0) is 25.4 Å². The summed E-state index contributed by atoms with van der Waals surface area (Å²) in [5.41, 5.74) is 1.53. The first kappa shape index (κ1) is 32.9. The van der Waals surface area contributed by atoms with Crippen molar-refractivity contribution >= 4 is 28.9 Å². The highest BCUT2D eigenvalue weighted by Gasteiger charge is 2.71. The van der Waals surface area contributed by atoms with Gasteiger partial charge in [-0.2, -0.15) is 5.10 Å². The zero-order chi connectivity index (χ0) is 33.8. The first-order chi connectivity index (χ1) is 23.0. The molecule has 0 aliphatic heterocycles. The lowest BCUT2D eigenvalue weighted by Gasteiger charge is -2.60. The molecule has 0 saturated heterocycles. The van der Waals surface area contributed by atoms with Crippen molar-refractivity contribution in [2.24, 2.45) is 28.6 Å². The Bertz CT molecular complexity index is 1750. The number of methoxy groups -OCH3 is 1. The summed E-state index contributed by atoms with van der Waals surface area (Å²) in [6.45, 7) is 8.20. The number of esters is 1. The fourth-order valence-corrected chi connectivity index (χ4v) is 10.5. The molecule has 7 rings (SSSR count). The van der Waals surface area contributed by atoms with Gasteiger partial charge < -0.3 is 23.7 Å². The van der Waals surface area contributed by atoms with Gasteiger partial charge in [-0.25, -0.2) is 13.9 Å². The summed E-state index contributed by atoms with van der Waals surface area (Å²) < 4.78 is 37.6. The Balaban J connectivity index is 1.20. The number of hydrogen-bond acceptors (Lipinski definition) is 9. The van der Waals surface area contributed by atoms with Crippen molar-refractivity contribution < 1.29 is 37.7 Å². The summed E-state index contributed by atoms with van der Waals surface area (Å²) in [5.74, 6) is -0.315. The van der Waals surface area contributed by atoms with Crippen LogP contribution in [0.25, 0.3) is 11.8 Å². The van der Waals surface area contributed by atoms with Crippen LogP contribution in [0.1, 0.15) is 67.8 Å². The van der Waals surface area contributed by atoms with Gasteiger partial charge in [0.05, 0.1) is 35.7 Å². The summed E-state index contributed by atoms with van der Waals surface area (Å²) in [7, 11) is 1.51. The molecule has 11 heteroatoms. The first-order valence-electron chi connectivity index (χ1n) is 16.5. The molecule has 4 aliphatic rings. The number of hydrogen-bond donors (Lipinski definition) is 1. The minimum atomic E-state index is -1.48. The zero-order valence-electron chi connectivity index (χ0n) is 27.4. The molecule has 3 aromatic rings. The number of aliphatic hydroxyl groups is 1. The number of carbonyl (C=O) groups is 2. The average molecular weight is 677 g/mol. The molecule has 48 heavy (non-hydrogen) atoms. The summed E-state index contributed by atoms with van der Waals surface area (Å²) in [4.78, 5) is 27.8. The smallest absolute Gasteiger partial charge is 0.375 e. The van der Waals surface area contributed by atoms with Crippen molar-refractivity contribution in [2.45, 2.75) is 64.1 Å². The summed E-state index contributed by atoms with van der Waals surface area (Å²) in [5, 5.41) is 16.6. The normalized spacial score (nSPS) is 31.9. The van der Waals surface area contributed by atoms with Crippen LogP contribution < -0.4 is 0 Å². The van der Waals surface area contributed by atoms with Gasteiger partial charge in [-0.15, -0.1) is 0 Å². The Morgan fingerprint density at radius 3 is 2.73 bits per heavy atom. The monoisotopic (exact) mass is 676 g/mol. The quantitative estimate of drug-likeness (QED) is 0.149. The van der Waals surface area contributed by atoms with E-state index in [0.29, 0.717) is 31.4 Å². The minimum Gasteiger partial charge on any atom is -0.472 e. The number of carbonyl (C=O) groups excluding carboxylic acids is 2. The number of thioether (sulfide) groups is 1. The second kappa shape index (κ2) is 12.3. The zero-order valence-corrected chi connectivity index (χ0v) is 28.3. The lowest BCUT2D eigenvalue weighted by Crippen LogP contribution is -2.62. The standard InChI is InChI=1S/C37H41FN2O7S/c1-22(46-21-44-4)20-48-34(43)37(47-33(42)31-6-5-15-45-31)14-13-28-27-12-7-24-16-29-23(19-39-40(29)26-10-8-25(38)9-11-26)17-35(24,2)32(27)30(41)18-36(28,37)3/h5-6,8-11,15-16,19,27-28,30,32,41H,1,7,12-14,17-18,20-21H2,2-4H3/t27-,28-,30-,32+,35-,36-,37-/m0/s1. The molecular weight excluding hydrogens is 635 g/mol. The van der Waals surface area contributed by atoms with E-state index >= 15 is 0 Å². The maximum atomic E-state index is 14.4. The molecule has 1 aromatic carbocycles.